The zero-order valence-electron chi connectivity index (χ0n) is 15.7. The van der Waals surface area contributed by atoms with Gasteiger partial charge in [-0.05, 0) is 53.5 Å². The molecule has 0 spiro atoms. The number of halogens is 1. The number of morpholine rings is 1. The average Bonchev–Trinajstić information content (AvgIpc) is 3.13. The highest BCUT2D eigenvalue weighted by Crippen LogP contribution is 2.26. The van der Waals surface area contributed by atoms with Gasteiger partial charge in [0.15, 0.2) is 0 Å². The van der Waals surface area contributed by atoms with Gasteiger partial charge in [-0.1, -0.05) is 0 Å². The van der Waals surface area contributed by atoms with Crippen molar-refractivity contribution in [2.45, 2.75) is 25.4 Å². The Kier molecular flexibility index (Phi) is 6.27. The Morgan fingerprint density at radius 2 is 2.11 bits per heavy atom. The topological polar surface area (TPSA) is 44.7 Å². The molecule has 0 bridgehead atoms. The van der Waals surface area contributed by atoms with Crippen LogP contribution in [0.2, 0.25) is 0 Å². The monoisotopic (exact) mass is 451 g/mol. The highest BCUT2D eigenvalue weighted by molar-refractivity contribution is 9.11. The predicted octanol–water partition coefficient (Wildman–Crippen LogP) is 3.24. The Balaban J connectivity index is 1.41. The van der Waals surface area contributed by atoms with E-state index in [-0.39, 0.29) is 0 Å². The fourth-order valence-corrected chi connectivity index (χ4v) is 5.31. The second kappa shape index (κ2) is 8.86. The van der Waals surface area contributed by atoms with E-state index in [1.165, 1.54) is 28.0 Å². The molecule has 0 N–H and O–H groups in total. The maximum atomic E-state index is 5.44. The zero-order valence-corrected chi connectivity index (χ0v) is 18.1. The van der Waals surface area contributed by atoms with Crippen LogP contribution in [0.15, 0.2) is 28.2 Å². The number of piperidine rings is 1. The van der Waals surface area contributed by atoms with Crippen molar-refractivity contribution in [3.05, 3.63) is 33.1 Å². The summed E-state index contributed by atoms with van der Waals surface area (Å²) in [7, 11) is 2.17. The number of likely N-dealkylation sites (N-methyl/N-ethyl adjacent to an activating group) is 1. The first-order valence-corrected chi connectivity index (χ1v) is 11.1. The van der Waals surface area contributed by atoms with Crippen LogP contribution in [0.1, 0.15) is 17.7 Å². The minimum Gasteiger partial charge on any atom is -0.378 e. The number of aromatic nitrogens is 2. The normalized spacial score (nSPS) is 21.4. The highest BCUT2D eigenvalue weighted by atomic mass is 79.9. The summed E-state index contributed by atoms with van der Waals surface area (Å²) in [4.78, 5) is 17.9. The maximum Gasteiger partial charge on any atom is 0.227 e. The van der Waals surface area contributed by atoms with Crippen molar-refractivity contribution in [1.82, 2.24) is 14.9 Å². The Morgan fingerprint density at radius 3 is 2.89 bits per heavy atom. The fourth-order valence-electron chi connectivity index (χ4n) is 3.79. The third-order valence-corrected chi connectivity index (χ3v) is 6.93. The van der Waals surface area contributed by atoms with Gasteiger partial charge in [-0.25, -0.2) is 4.98 Å². The Bertz CT molecular complexity index is 751. The van der Waals surface area contributed by atoms with Gasteiger partial charge >= 0.3 is 0 Å². The van der Waals surface area contributed by atoms with Gasteiger partial charge in [0, 0.05) is 50.3 Å². The minimum absolute atomic E-state index is 0.481. The lowest BCUT2D eigenvalue weighted by molar-refractivity contribution is 0.122. The standard InChI is InChI=1S/C19H26BrN5OS/c1-23(18-6-7-21-19(22-18)25-9-11-26-12-10-25)15-3-2-8-24(13-15)14-16-4-5-17(20)27-16/h4-7,15H,2-3,8-14H2,1H3. The highest BCUT2D eigenvalue weighted by Gasteiger charge is 2.25. The third-order valence-electron chi connectivity index (χ3n) is 5.32. The van der Waals surface area contributed by atoms with Gasteiger partial charge in [-0.2, -0.15) is 4.98 Å². The molecule has 2 aliphatic rings. The van der Waals surface area contributed by atoms with E-state index in [4.69, 9.17) is 9.72 Å². The molecular formula is C19H26BrN5OS. The number of thiophene rings is 1. The number of ether oxygens (including phenoxy) is 1. The molecule has 4 rings (SSSR count). The third kappa shape index (κ3) is 4.80. The van der Waals surface area contributed by atoms with E-state index < -0.39 is 0 Å². The average molecular weight is 452 g/mol. The molecule has 6 nitrogen and oxygen atoms in total. The summed E-state index contributed by atoms with van der Waals surface area (Å²) in [6.07, 6.45) is 4.31. The van der Waals surface area contributed by atoms with E-state index in [9.17, 15) is 0 Å². The molecule has 146 valence electrons. The Labute approximate surface area is 173 Å². The molecule has 0 aromatic carbocycles. The molecule has 2 fully saturated rings. The van der Waals surface area contributed by atoms with E-state index >= 15 is 0 Å². The van der Waals surface area contributed by atoms with Crippen molar-refractivity contribution in [2.24, 2.45) is 0 Å². The quantitative estimate of drug-likeness (QED) is 0.694. The van der Waals surface area contributed by atoms with Crippen molar-refractivity contribution in [1.29, 1.82) is 0 Å². The summed E-state index contributed by atoms with van der Waals surface area (Å²) in [5.74, 6) is 1.83. The SMILES string of the molecule is CN(c1ccnc(N2CCOCC2)n1)C1CCCN(Cc2ccc(Br)s2)C1. The number of likely N-dealkylation sites (tertiary alicyclic amines) is 1. The molecule has 0 radical (unpaired) electrons. The minimum atomic E-state index is 0.481. The van der Waals surface area contributed by atoms with E-state index in [0.29, 0.717) is 6.04 Å². The lowest BCUT2D eigenvalue weighted by atomic mass is 10.0. The summed E-state index contributed by atoms with van der Waals surface area (Å²) in [5, 5.41) is 0. The number of rotatable bonds is 5. The van der Waals surface area contributed by atoms with Crippen molar-refractivity contribution < 1.29 is 4.74 Å². The Morgan fingerprint density at radius 1 is 1.26 bits per heavy atom. The van der Waals surface area contributed by atoms with Crippen LogP contribution < -0.4 is 9.80 Å². The lowest BCUT2D eigenvalue weighted by Gasteiger charge is -2.38. The molecule has 2 aromatic rings. The van der Waals surface area contributed by atoms with Crippen LogP contribution in [0.5, 0.6) is 0 Å². The van der Waals surface area contributed by atoms with Crippen LogP contribution in [-0.4, -0.2) is 67.4 Å². The first-order chi connectivity index (χ1) is 13.2. The first-order valence-electron chi connectivity index (χ1n) is 9.54. The molecule has 1 atom stereocenters. The van der Waals surface area contributed by atoms with Crippen molar-refractivity contribution in [3.63, 3.8) is 0 Å². The van der Waals surface area contributed by atoms with Crippen molar-refractivity contribution >= 4 is 39.0 Å². The molecule has 27 heavy (non-hydrogen) atoms. The summed E-state index contributed by atoms with van der Waals surface area (Å²) < 4.78 is 6.65. The van der Waals surface area contributed by atoms with Crippen LogP contribution in [-0.2, 0) is 11.3 Å². The number of nitrogens with zero attached hydrogens (tertiary/aromatic N) is 5. The van der Waals surface area contributed by atoms with Gasteiger partial charge in [0.05, 0.1) is 17.0 Å². The number of hydrogen-bond acceptors (Lipinski definition) is 7. The number of hydrogen-bond donors (Lipinski definition) is 0. The van der Waals surface area contributed by atoms with E-state index in [1.54, 1.807) is 0 Å². The maximum absolute atomic E-state index is 5.44. The summed E-state index contributed by atoms with van der Waals surface area (Å²) in [6, 6.07) is 6.87. The van der Waals surface area contributed by atoms with Gasteiger partial charge in [0.1, 0.15) is 5.82 Å². The smallest absolute Gasteiger partial charge is 0.227 e. The van der Waals surface area contributed by atoms with Crippen LogP contribution in [0.4, 0.5) is 11.8 Å². The van der Waals surface area contributed by atoms with Crippen LogP contribution in [0.25, 0.3) is 0 Å². The molecule has 0 aliphatic carbocycles. The van der Waals surface area contributed by atoms with Gasteiger partial charge in [-0.15, -0.1) is 11.3 Å². The summed E-state index contributed by atoms with van der Waals surface area (Å²) >= 11 is 5.40. The molecule has 2 saturated heterocycles. The largest absolute Gasteiger partial charge is 0.378 e. The number of anilines is 2. The van der Waals surface area contributed by atoms with Gasteiger partial charge < -0.3 is 14.5 Å². The predicted molar refractivity (Wildman–Crippen MR) is 114 cm³/mol. The van der Waals surface area contributed by atoms with Crippen LogP contribution in [0.3, 0.4) is 0 Å². The van der Waals surface area contributed by atoms with E-state index in [2.05, 4.69) is 54.8 Å². The molecule has 4 heterocycles. The summed E-state index contributed by atoms with van der Waals surface area (Å²) in [5.41, 5.74) is 0. The van der Waals surface area contributed by atoms with Gasteiger partial charge in [0.2, 0.25) is 5.95 Å². The second-order valence-corrected chi connectivity index (χ2v) is 9.71. The van der Waals surface area contributed by atoms with Crippen LogP contribution >= 0.6 is 27.3 Å². The fraction of sp³-hybridized carbons (Fsp3) is 0.579. The van der Waals surface area contributed by atoms with Crippen molar-refractivity contribution in [2.75, 3.05) is 56.2 Å². The molecular weight excluding hydrogens is 426 g/mol. The van der Waals surface area contributed by atoms with Gasteiger partial charge in [0.25, 0.3) is 0 Å². The first kappa shape index (κ1) is 19.1. The second-order valence-electron chi connectivity index (χ2n) is 7.16. The molecule has 0 saturated carbocycles. The molecule has 2 aliphatic heterocycles. The molecule has 2 aromatic heterocycles. The Hall–Kier alpha value is -1.22. The van der Waals surface area contributed by atoms with Gasteiger partial charge in [-0.3, -0.25) is 4.90 Å². The lowest BCUT2D eigenvalue weighted by Crippen LogP contribution is -2.46. The van der Waals surface area contributed by atoms with Crippen LogP contribution in [0, 0.1) is 0 Å². The molecule has 1 unspecified atom stereocenters. The van der Waals surface area contributed by atoms with E-state index in [0.717, 1.165) is 51.2 Å². The molecule has 0 amide bonds. The molecule has 8 heteroatoms. The zero-order chi connectivity index (χ0) is 18.6. The van der Waals surface area contributed by atoms with Crippen molar-refractivity contribution in [3.8, 4) is 0 Å². The van der Waals surface area contributed by atoms with E-state index in [1.807, 2.05) is 23.6 Å². The summed E-state index contributed by atoms with van der Waals surface area (Å²) in [6.45, 7) is 6.50.